The summed E-state index contributed by atoms with van der Waals surface area (Å²) in [6.07, 6.45) is 0. The van der Waals surface area contributed by atoms with E-state index in [1.807, 2.05) is 0 Å². The molecule has 1 aliphatic rings. The zero-order valence-electron chi connectivity index (χ0n) is 15.1. The quantitative estimate of drug-likeness (QED) is 0.867. The van der Waals surface area contributed by atoms with Crippen molar-refractivity contribution in [1.82, 2.24) is 0 Å². The van der Waals surface area contributed by atoms with Gasteiger partial charge in [-0.1, -0.05) is 17.7 Å². The van der Waals surface area contributed by atoms with E-state index in [9.17, 15) is 14.3 Å². The van der Waals surface area contributed by atoms with Gasteiger partial charge >= 0.3 is 0 Å². The van der Waals surface area contributed by atoms with E-state index < -0.39 is 25.2 Å². The second-order valence-corrected chi connectivity index (χ2v) is 5.53. The minimum atomic E-state index is -2.76. The Hall–Kier alpha value is -2.40. The van der Waals surface area contributed by atoms with Crippen molar-refractivity contribution < 1.29 is 18.4 Å². The third-order valence-corrected chi connectivity index (χ3v) is 4.10. The molecule has 0 spiro atoms. The number of nitrogens with zero attached hydrogens (tertiary/aromatic N) is 2. The van der Waals surface area contributed by atoms with Crippen molar-refractivity contribution in [2.75, 3.05) is 18.4 Å². The lowest BCUT2D eigenvalue weighted by molar-refractivity contribution is -0.116. The summed E-state index contributed by atoms with van der Waals surface area (Å²) in [4.78, 5) is 17.2. The van der Waals surface area contributed by atoms with Crippen molar-refractivity contribution in [3.05, 3.63) is 57.9 Å². The lowest BCUT2D eigenvalue weighted by Crippen LogP contribution is -2.27. The number of likely N-dealkylation sites (N-methyl/N-ethyl adjacent to an activating group) is 1. The predicted molar refractivity (Wildman–Crippen MR) is 88.2 cm³/mol. The highest BCUT2D eigenvalue weighted by atomic mass is 35.5. The number of anilines is 1. The summed E-state index contributed by atoms with van der Waals surface area (Å²) >= 11 is 6.40. The summed E-state index contributed by atoms with van der Waals surface area (Å²) in [5.41, 5.74) is 0.711. The van der Waals surface area contributed by atoms with Crippen LogP contribution < -0.4 is 4.90 Å². The number of amides is 1. The molecule has 0 unspecified atom stereocenters. The Morgan fingerprint density at radius 1 is 1.39 bits per heavy atom. The van der Waals surface area contributed by atoms with Crippen molar-refractivity contribution in [1.29, 1.82) is 0 Å². The molecular weight excluding hydrogens is 319 g/mol. The summed E-state index contributed by atoms with van der Waals surface area (Å²) in [5, 5.41) is 9.88. The third kappa shape index (κ3) is 2.57. The van der Waals surface area contributed by atoms with E-state index in [1.165, 1.54) is 12.1 Å². The molecule has 0 saturated heterocycles. The van der Waals surface area contributed by atoms with Crippen molar-refractivity contribution >= 4 is 28.9 Å². The standard InChI is InChI=1S/C17H14ClFN2O2/c1-9-3-6-13-15(16(9)18)17(20-8-14(23)21(13)2)11-7-10(22)4-5-12(11)19/h3-7,22H,8H2,1-2H3/i2T3. The first-order chi connectivity index (χ1) is 12.1. The molecule has 23 heavy (non-hydrogen) atoms. The van der Waals surface area contributed by atoms with Crippen LogP contribution in [0.4, 0.5) is 10.1 Å². The van der Waals surface area contributed by atoms with Crippen molar-refractivity contribution in [3.8, 4) is 5.75 Å². The first-order valence-corrected chi connectivity index (χ1v) is 7.15. The summed E-state index contributed by atoms with van der Waals surface area (Å²) < 4.78 is 37.5. The molecule has 1 aliphatic heterocycles. The minimum Gasteiger partial charge on any atom is -0.508 e. The predicted octanol–water partition coefficient (Wildman–Crippen LogP) is 3.31. The fourth-order valence-electron chi connectivity index (χ4n) is 2.43. The largest absolute Gasteiger partial charge is 0.508 e. The topological polar surface area (TPSA) is 52.9 Å². The molecule has 0 atom stereocenters. The Bertz CT molecular complexity index is 944. The summed E-state index contributed by atoms with van der Waals surface area (Å²) in [7, 11) is 0. The molecular formula is C17H14ClFN2O2. The van der Waals surface area contributed by atoms with Crippen LogP contribution in [0.2, 0.25) is 5.02 Å². The van der Waals surface area contributed by atoms with E-state index >= 15 is 0 Å². The van der Waals surface area contributed by atoms with E-state index in [0.29, 0.717) is 10.5 Å². The number of rotatable bonds is 1. The van der Waals surface area contributed by atoms with Crippen LogP contribution in [-0.4, -0.2) is 30.2 Å². The minimum absolute atomic E-state index is 0.0159. The van der Waals surface area contributed by atoms with Crippen molar-refractivity contribution in [2.45, 2.75) is 6.92 Å². The van der Waals surface area contributed by atoms with Crippen LogP contribution in [0.15, 0.2) is 35.3 Å². The smallest absolute Gasteiger partial charge is 0.248 e. The number of benzodiazepines with no additional fused rings is 1. The van der Waals surface area contributed by atoms with Crippen LogP contribution in [0.5, 0.6) is 5.75 Å². The molecule has 0 bridgehead atoms. The summed E-state index contributed by atoms with van der Waals surface area (Å²) in [6.45, 7) is -1.55. The zero-order chi connectivity index (χ0) is 19.2. The molecule has 6 heteroatoms. The molecule has 1 heterocycles. The second kappa shape index (κ2) is 5.66. The molecule has 0 saturated carbocycles. The number of phenols is 1. The van der Waals surface area contributed by atoms with Crippen LogP contribution in [0, 0.1) is 12.7 Å². The van der Waals surface area contributed by atoms with Gasteiger partial charge in [0, 0.05) is 22.2 Å². The van der Waals surface area contributed by atoms with Gasteiger partial charge in [0.25, 0.3) is 0 Å². The zero-order valence-corrected chi connectivity index (χ0v) is 12.9. The van der Waals surface area contributed by atoms with E-state index in [4.69, 9.17) is 15.7 Å². The fraction of sp³-hybridized carbons (Fsp3) is 0.176. The van der Waals surface area contributed by atoms with Gasteiger partial charge in [0.15, 0.2) is 0 Å². The molecule has 0 fully saturated rings. The SMILES string of the molecule is [3H]C([3H])([3H])N1C(=O)CN=C(c2cc(O)ccc2F)c2c1ccc(C)c2Cl. The van der Waals surface area contributed by atoms with Gasteiger partial charge in [0.05, 0.1) is 16.4 Å². The Labute approximate surface area is 142 Å². The summed E-state index contributed by atoms with van der Waals surface area (Å²) in [6, 6.07) is 6.42. The molecule has 0 aromatic heterocycles. The van der Waals surface area contributed by atoms with Gasteiger partial charge < -0.3 is 10.0 Å². The molecule has 4 nitrogen and oxygen atoms in total. The van der Waals surface area contributed by atoms with Crippen LogP contribution >= 0.6 is 11.6 Å². The van der Waals surface area contributed by atoms with Gasteiger partial charge in [0.1, 0.15) is 18.1 Å². The number of aromatic hydroxyl groups is 1. The highest BCUT2D eigenvalue weighted by Crippen LogP contribution is 2.35. The Kier molecular flexibility index (Phi) is 2.97. The van der Waals surface area contributed by atoms with Gasteiger partial charge in [-0.15, -0.1) is 0 Å². The number of carbonyl (C=O) groups is 1. The third-order valence-electron chi connectivity index (χ3n) is 3.62. The van der Waals surface area contributed by atoms with Gasteiger partial charge in [-0.25, -0.2) is 4.39 Å². The highest BCUT2D eigenvalue weighted by Gasteiger charge is 2.27. The molecule has 118 valence electrons. The molecule has 3 rings (SSSR count). The van der Waals surface area contributed by atoms with Crippen LogP contribution in [0.3, 0.4) is 0 Å². The number of aliphatic imine (C=N–C) groups is 1. The first kappa shape index (κ1) is 12.1. The molecule has 0 radical (unpaired) electrons. The van der Waals surface area contributed by atoms with E-state index in [-0.39, 0.29) is 33.3 Å². The number of phenolic OH excluding ortho intramolecular Hbond substituents is 1. The number of carbonyl (C=O) groups excluding carboxylic acids is 1. The van der Waals surface area contributed by atoms with Crippen LogP contribution in [0.1, 0.15) is 20.8 Å². The molecule has 2 aromatic rings. The van der Waals surface area contributed by atoms with Gasteiger partial charge in [-0.05, 0) is 36.8 Å². The average molecular weight is 339 g/mol. The van der Waals surface area contributed by atoms with Crippen LogP contribution in [0.25, 0.3) is 0 Å². The molecule has 1 amide bonds. The Balaban J connectivity index is 2.36. The van der Waals surface area contributed by atoms with E-state index in [1.54, 1.807) is 13.0 Å². The second-order valence-electron chi connectivity index (χ2n) is 5.15. The molecule has 2 aromatic carbocycles. The number of benzene rings is 2. The Morgan fingerprint density at radius 2 is 2.17 bits per heavy atom. The Morgan fingerprint density at radius 3 is 2.91 bits per heavy atom. The molecule has 0 aliphatic carbocycles. The van der Waals surface area contributed by atoms with Gasteiger partial charge in [0.2, 0.25) is 5.91 Å². The van der Waals surface area contributed by atoms with E-state index in [2.05, 4.69) is 4.99 Å². The maximum Gasteiger partial charge on any atom is 0.248 e. The first-order valence-electron chi connectivity index (χ1n) is 8.27. The number of fused-ring (bicyclic) bond motifs is 1. The van der Waals surface area contributed by atoms with Gasteiger partial charge in [-0.3, -0.25) is 9.79 Å². The molecule has 1 N–H and O–H groups in total. The van der Waals surface area contributed by atoms with Crippen molar-refractivity contribution in [2.24, 2.45) is 4.99 Å². The summed E-state index contributed by atoms with van der Waals surface area (Å²) in [5.74, 6) is -1.64. The normalized spacial score (nSPS) is 16.8. The fourth-order valence-corrected chi connectivity index (χ4v) is 2.68. The monoisotopic (exact) mass is 338 g/mol. The van der Waals surface area contributed by atoms with E-state index in [0.717, 1.165) is 12.1 Å². The average Bonchev–Trinajstić information content (AvgIpc) is 2.69. The number of halogens is 2. The lowest BCUT2D eigenvalue weighted by Gasteiger charge is -2.20. The number of hydrogen-bond donors (Lipinski definition) is 1. The van der Waals surface area contributed by atoms with Crippen molar-refractivity contribution in [3.63, 3.8) is 0 Å². The number of hydrogen-bond acceptors (Lipinski definition) is 3. The lowest BCUT2D eigenvalue weighted by atomic mass is 9.97. The van der Waals surface area contributed by atoms with Gasteiger partial charge in [-0.2, -0.15) is 0 Å². The maximum atomic E-state index is 14.4. The van der Waals surface area contributed by atoms with Crippen LogP contribution in [-0.2, 0) is 4.79 Å². The highest BCUT2D eigenvalue weighted by molar-refractivity contribution is 6.38. The maximum absolute atomic E-state index is 14.4. The number of aryl methyl sites for hydroxylation is 1.